The zero-order valence-corrected chi connectivity index (χ0v) is 15.9. The number of furan rings is 1. The highest BCUT2D eigenvalue weighted by Crippen LogP contribution is 2.38. The lowest BCUT2D eigenvalue weighted by Gasteiger charge is -2.15. The van der Waals surface area contributed by atoms with Crippen molar-refractivity contribution in [1.29, 1.82) is 5.26 Å². The van der Waals surface area contributed by atoms with E-state index >= 15 is 0 Å². The van der Waals surface area contributed by atoms with Crippen molar-refractivity contribution in [2.75, 3.05) is 5.75 Å². The van der Waals surface area contributed by atoms with Crippen molar-refractivity contribution < 1.29 is 22.4 Å². The Labute approximate surface area is 171 Å². The Morgan fingerprint density at radius 2 is 1.93 bits per heavy atom. The molecule has 1 amide bonds. The van der Waals surface area contributed by atoms with Gasteiger partial charge in [0, 0.05) is 5.75 Å². The Balaban J connectivity index is 1.72. The number of carbonyl (C=O) groups excluding carboxylic acids is 1. The summed E-state index contributed by atoms with van der Waals surface area (Å²) in [5, 5.41) is 10.2. The van der Waals surface area contributed by atoms with E-state index in [1.807, 2.05) is 0 Å². The fourth-order valence-electron chi connectivity index (χ4n) is 2.86. The molecule has 0 bridgehead atoms. The maximum absolute atomic E-state index is 13.6. The van der Waals surface area contributed by atoms with Gasteiger partial charge in [-0.05, 0) is 30.3 Å². The monoisotopic (exact) mass is 428 g/mol. The Morgan fingerprint density at radius 1 is 1.17 bits per heavy atom. The van der Waals surface area contributed by atoms with Crippen LogP contribution in [-0.4, -0.2) is 22.7 Å². The van der Waals surface area contributed by atoms with Crippen LogP contribution in [0.25, 0.3) is 11.5 Å². The Hall–Kier alpha value is -3.45. The van der Waals surface area contributed by atoms with Gasteiger partial charge in [0.1, 0.15) is 22.8 Å². The molecular weight excluding hydrogens is 417 g/mol. The molecule has 2 aromatic heterocycles. The van der Waals surface area contributed by atoms with E-state index in [4.69, 9.17) is 4.42 Å². The van der Waals surface area contributed by atoms with E-state index in [0.29, 0.717) is 10.7 Å². The van der Waals surface area contributed by atoms with Crippen LogP contribution >= 0.6 is 11.8 Å². The molecule has 1 atom stereocenters. The summed E-state index contributed by atoms with van der Waals surface area (Å²) in [6.45, 7) is 0. The van der Waals surface area contributed by atoms with Crippen LogP contribution in [0.3, 0.4) is 0 Å². The SMILES string of the molecule is N#Cc1c(C(F)(F)F)cc(-c2ccco2)nc1SCC1N=c2ccccc2=NC1=O. The van der Waals surface area contributed by atoms with E-state index in [1.165, 1.54) is 18.4 Å². The molecule has 0 fully saturated rings. The number of thioether (sulfide) groups is 1. The lowest BCUT2D eigenvalue weighted by atomic mass is 10.1. The first-order valence-corrected chi connectivity index (χ1v) is 9.60. The minimum atomic E-state index is -4.76. The number of pyridine rings is 1. The molecule has 0 aliphatic carbocycles. The molecule has 4 rings (SSSR count). The van der Waals surface area contributed by atoms with Gasteiger partial charge in [-0.25, -0.2) is 9.98 Å². The number of aromatic nitrogens is 1. The zero-order chi connectivity index (χ0) is 21.3. The van der Waals surface area contributed by atoms with Crippen molar-refractivity contribution >= 4 is 17.7 Å². The molecule has 1 aliphatic heterocycles. The number of carbonyl (C=O) groups is 1. The lowest BCUT2D eigenvalue weighted by Crippen LogP contribution is -2.37. The van der Waals surface area contributed by atoms with Gasteiger partial charge in [0.2, 0.25) is 0 Å². The summed E-state index contributed by atoms with van der Waals surface area (Å²) in [5.74, 6) is -0.385. The van der Waals surface area contributed by atoms with Gasteiger partial charge < -0.3 is 4.42 Å². The van der Waals surface area contributed by atoms with Crippen molar-refractivity contribution in [3.63, 3.8) is 0 Å². The molecule has 0 N–H and O–H groups in total. The minimum Gasteiger partial charge on any atom is -0.463 e. The van der Waals surface area contributed by atoms with E-state index in [-0.39, 0.29) is 22.2 Å². The first kappa shape index (κ1) is 19.8. The van der Waals surface area contributed by atoms with E-state index in [1.54, 1.807) is 30.3 Å². The van der Waals surface area contributed by atoms with Gasteiger partial charge in [0.25, 0.3) is 5.91 Å². The van der Waals surface area contributed by atoms with E-state index in [2.05, 4.69) is 15.0 Å². The van der Waals surface area contributed by atoms with E-state index < -0.39 is 29.3 Å². The molecular formula is C20H11F3N4O2S. The molecule has 3 heterocycles. The fourth-order valence-corrected chi connectivity index (χ4v) is 3.85. The molecule has 6 nitrogen and oxygen atoms in total. The van der Waals surface area contributed by atoms with Gasteiger partial charge in [0.15, 0.2) is 5.76 Å². The average Bonchev–Trinajstić information content (AvgIpc) is 3.25. The normalized spacial score (nSPS) is 15.7. The molecule has 0 spiro atoms. The van der Waals surface area contributed by atoms with Gasteiger partial charge in [0.05, 0.1) is 28.1 Å². The smallest absolute Gasteiger partial charge is 0.417 e. The van der Waals surface area contributed by atoms with E-state index in [9.17, 15) is 23.2 Å². The standard InChI is InChI=1S/C20H11F3N4O2S/c21-20(22,23)12-8-15(17-6-3-7-29-17)27-19(11(12)9-24)30-10-16-18(28)26-14-5-2-1-4-13(14)25-16/h1-8,16H,10H2. The number of nitriles is 1. The molecule has 0 radical (unpaired) electrons. The molecule has 0 saturated heterocycles. The van der Waals surface area contributed by atoms with Gasteiger partial charge in [-0.2, -0.15) is 18.4 Å². The second-order valence-electron chi connectivity index (χ2n) is 6.22. The summed E-state index contributed by atoms with van der Waals surface area (Å²) in [6, 6.07) is 11.3. The van der Waals surface area contributed by atoms with Crippen LogP contribution in [0.2, 0.25) is 0 Å². The summed E-state index contributed by atoms with van der Waals surface area (Å²) in [4.78, 5) is 24.7. The molecule has 150 valence electrons. The predicted molar refractivity (Wildman–Crippen MR) is 99.9 cm³/mol. The zero-order valence-electron chi connectivity index (χ0n) is 15.1. The number of hydrogen-bond donors (Lipinski definition) is 0. The molecule has 1 aliphatic rings. The third kappa shape index (κ3) is 3.84. The first-order chi connectivity index (χ1) is 14.4. The molecule has 1 aromatic carbocycles. The van der Waals surface area contributed by atoms with Crippen molar-refractivity contribution in [2.45, 2.75) is 17.2 Å². The summed E-state index contributed by atoms with van der Waals surface area (Å²) in [5.41, 5.74) is -1.78. The highest BCUT2D eigenvalue weighted by atomic mass is 32.2. The number of rotatable bonds is 4. The number of alkyl halides is 3. The average molecular weight is 428 g/mol. The number of amides is 1. The first-order valence-electron chi connectivity index (χ1n) is 8.61. The van der Waals surface area contributed by atoms with E-state index in [0.717, 1.165) is 17.8 Å². The second-order valence-corrected chi connectivity index (χ2v) is 7.23. The van der Waals surface area contributed by atoms with Crippen molar-refractivity contribution in [3.05, 3.63) is 70.6 Å². The second kappa shape index (κ2) is 7.76. The highest BCUT2D eigenvalue weighted by Gasteiger charge is 2.36. The molecule has 1 unspecified atom stereocenters. The number of halogens is 3. The van der Waals surface area contributed by atoms with Gasteiger partial charge in [-0.3, -0.25) is 9.79 Å². The highest BCUT2D eigenvalue weighted by molar-refractivity contribution is 7.99. The van der Waals surface area contributed by atoms with Gasteiger partial charge in [-0.1, -0.05) is 12.1 Å². The Kier molecular flexibility index (Phi) is 5.13. The number of hydrogen-bond acceptors (Lipinski definition) is 6. The topological polar surface area (TPSA) is 91.6 Å². The number of nitrogens with zero attached hydrogens (tertiary/aromatic N) is 4. The third-order valence-corrected chi connectivity index (χ3v) is 5.30. The Bertz CT molecular complexity index is 1280. The van der Waals surface area contributed by atoms with Crippen LogP contribution in [0.1, 0.15) is 11.1 Å². The molecule has 0 saturated carbocycles. The van der Waals surface area contributed by atoms with Crippen LogP contribution in [0.4, 0.5) is 13.2 Å². The van der Waals surface area contributed by atoms with Gasteiger partial charge in [-0.15, -0.1) is 11.8 Å². The predicted octanol–water partition coefficient (Wildman–Crippen LogP) is 3.17. The Morgan fingerprint density at radius 3 is 2.60 bits per heavy atom. The molecule has 3 aromatic rings. The number of fused-ring (bicyclic) bond motifs is 1. The maximum atomic E-state index is 13.6. The summed E-state index contributed by atoms with van der Waals surface area (Å²) >= 11 is 0.848. The van der Waals surface area contributed by atoms with Crippen molar-refractivity contribution in [3.8, 4) is 17.5 Å². The maximum Gasteiger partial charge on any atom is 0.417 e. The largest absolute Gasteiger partial charge is 0.463 e. The summed E-state index contributed by atoms with van der Waals surface area (Å²) in [6.07, 6.45) is -3.45. The van der Waals surface area contributed by atoms with Crippen LogP contribution < -0.4 is 10.7 Å². The number of benzene rings is 1. The van der Waals surface area contributed by atoms with Crippen molar-refractivity contribution in [1.82, 2.24) is 4.98 Å². The number of para-hydroxylation sites is 2. The van der Waals surface area contributed by atoms with Crippen LogP contribution in [0.5, 0.6) is 0 Å². The lowest BCUT2D eigenvalue weighted by molar-refractivity contribution is -0.138. The van der Waals surface area contributed by atoms with Crippen LogP contribution in [-0.2, 0) is 11.0 Å². The quantitative estimate of drug-likeness (QED) is 0.596. The van der Waals surface area contributed by atoms with Gasteiger partial charge >= 0.3 is 6.18 Å². The summed E-state index contributed by atoms with van der Waals surface area (Å²) in [7, 11) is 0. The van der Waals surface area contributed by atoms with Crippen LogP contribution in [0.15, 0.2) is 68.2 Å². The summed E-state index contributed by atoms with van der Waals surface area (Å²) < 4.78 is 45.8. The van der Waals surface area contributed by atoms with Crippen molar-refractivity contribution in [2.24, 2.45) is 9.98 Å². The van der Waals surface area contributed by atoms with Crippen LogP contribution in [0, 0.1) is 11.3 Å². The minimum absolute atomic E-state index is 0.0166. The molecule has 30 heavy (non-hydrogen) atoms. The fraction of sp³-hybridized carbons (Fsp3) is 0.150. The third-order valence-electron chi connectivity index (χ3n) is 4.25. The molecule has 10 heteroatoms.